The van der Waals surface area contributed by atoms with Crippen molar-refractivity contribution >= 4 is 5.78 Å². The molecule has 0 aliphatic heterocycles. The van der Waals surface area contributed by atoms with Crippen LogP contribution in [0, 0.1) is 63.6 Å². The Labute approximate surface area is 183 Å². The fraction of sp³-hybridized carbons (Fsp3) is 0.852. The maximum Gasteiger partial charge on any atom is 0.133 e. The molecule has 0 heterocycles. The number of aliphatic hydroxyl groups is 1. The van der Waals surface area contributed by atoms with Gasteiger partial charge in [0.25, 0.3) is 0 Å². The minimum atomic E-state index is -0.833. The van der Waals surface area contributed by atoms with Crippen LogP contribution in [0.1, 0.15) is 97.8 Å². The Morgan fingerprint density at radius 2 is 1.77 bits per heavy atom. The predicted molar refractivity (Wildman–Crippen MR) is 118 cm³/mol. The molecule has 0 aromatic carbocycles. The summed E-state index contributed by atoms with van der Waals surface area (Å²) in [7, 11) is 0. The Morgan fingerprint density at radius 3 is 2.50 bits per heavy atom. The Balaban J connectivity index is 1.48. The second-order valence-electron chi connectivity index (χ2n) is 11.5. The normalized spacial score (nSPS) is 47.1. The molecule has 0 aromatic heterocycles. The van der Waals surface area contributed by atoms with Gasteiger partial charge >= 0.3 is 0 Å². The van der Waals surface area contributed by atoms with Crippen molar-refractivity contribution in [1.82, 2.24) is 0 Å². The molecule has 4 rings (SSSR count). The van der Waals surface area contributed by atoms with Crippen LogP contribution in [-0.2, 0) is 4.79 Å². The molecular formula is C27H39NO2. The van der Waals surface area contributed by atoms with Gasteiger partial charge in [0, 0.05) is 18.8 Å². The van der Waals surface area contributed by atoms with Gasteiger partial charge in [-0.25, -0.2) is 0 Å². The molecule has 8 atom stereocenters. The number of nitriles is 1. The highest BCUT2D eigenvalue weighted by molar-refractivity contribution is 5.79. The lowest BCUT2D eigenvalue weighted by Crippen LogP contribution is -2.56. The third kappa shape index (κ3) is 3.52. The number of fused-ring (bicyclic) bond motifs is 5. The third-order valence-corrected chi connectivity index (χ3v) is 10.1. The Hall–Kier alpha value is -1.32. The SMILES string of the molecule is CC(=O)[C@H]1CC[C@H]2[C@@H]3CCC4CC(O)(C#CCCCC#N)CC[C@]4(C)[C@H]3CC[C@]12C. The van der Waals surface area contributed by atoms with Gasteiger partial charge < -0.3 is 5.11 Å². The lowest BCUT2D eigenvalue weighted by atomic mass is 9.44. The van der Waals surface area contributed by atoms with Crippen LogP contribution in [0.25, 0.3) is 0 Å². The first-order chi connectivity index (χ1) is 14.2. The number of hydrogen-bond donors (Lipinski definition) is 1. The van der Waals surface area contributed by atoms with Crippen LogP contribution in [0.4, 0.5) is 0 Å². The van der Waals surface area contributed by atoms with Gasteiger partial charge in [0.2, 0.25) is 0 Å². The zero-order valence-electron chi connectivity index (χ0n) is 19.2. The summed E-state index contributed by atoms with van der Waals surface area (Å²) in [5.74, 6) is 9.83. The molecule has 4 aliphatic carbocycles. The molecule has 0 amide bonds. The number of rotatable bonds is 3. The van der Waals surface area contributed by atoms with Gasteiger partial charge in [-0.2, -0.15) is 5.26 Å². The number of hydrogen-bond acceptors (Lipinski definition) is 3. The van der Waals surface area contributed by atoms with Crippen molar-refractivity contribution in [2.24, 2.45) is 40.4 Å². The van der Waals surface area contributed by atoms with Crippen molar-refractivity contribution in [2.45, 2.75) is 103 Å². The predicted octanol–water partition coefficient (Wildman–Crippen LogP) is 5.66. The first-order valence-electron chi connectivity index (χ1n) is 12.3. The van der Waals surface area contributed by atoms with Gasteiger partial charge in [-0.05, 0) is 106 Å². The average Bonchev–Trinajstić information content (AvgIpc) is 3.06. The second-order valence-corrected chi connectivity index (χ2v) is 11.5. The van der Waals surface area contributed by atoms with Crippen LogP contribution in [0.3, 0.4) is 0 Å². The first kappa shape index (κ1) is 21.9. The number of carbonyl (C=O) groups excluding carboxylic acids is 1. The van der Waals surface area contributed by atoms with E-state index in [9.17, 15) is 9.90 Å². The van der Waals surface area contributed by atoms with Crippen molar-refractivity contribution in [3.63, 3.8) is 0 Å². The smallest absolute Gasteiger partial charge is 0.133 e. The number of Topliss-reactive ketones (excluding diaryl/α,β-unsaturated/α-hetero) is 1. The zero-order valence-corrected chi connectivity index (χ0v) is 19.2. The lowest BCUT2D eigenvalue weighted by molar-refractivity contribution is -0.144. The van der Waals surface area contributed by atoms with Crippen molar-refractivity contribution in [3.8, 4) is 17.9 Å². The van der Waals surface area contributed by atoms with Crippen LogP contribution >= 0.6 is 0 Å². The van der Waals surface area contributed by atoms with E-state index in [1.807, 2.05) is 6.92 Å². The summed E-state index contributed by atoms with van der Waals surface area (Å²) >= 11 is 0. The van der Waals surface area contributed by atoms with Gasteiger partial charge in [0.05, 0.1) is 6.07 Å². The summed E-state index contributed by atoms with van der Waals surface area (Å²) in [5.41, 5.74) is -0.298. The highest BCUT2D eigenvalue weighted by Gasteiger charge is 2.61. The number of carbonyl (C=O) groups is 1. The zero-order chi connectivity index (χ0) is 21.6. The van der Waals surface area contributed by atoms with E-state index in [4.69, 9.17) is 5.26 Å². The molecule has 4 aliphatic rings. The largest absolute Gasteiger partial charge is 0.378 e. The molecular weight excluding hydrogens is 370 g/mol. The number of ketones is 1. The molecule has 4 fully saturated rings. The first-order valence-corrected chi connectivity index (χ1v) is 12.3. The Bertz CT molecular complexity index is 787. The summed E-state index contributed by atoms with van der Waals surface area (Å²) in [5, 5.41) is 19.9. The van der Waals surface area contributed by atoms with Gasteiger partial charge in [-0.15, -0.1) is 5.92 Å². The van der Waals surface area contributed by atoms with Gasteiger partial charge in [0.15, 0.2) is 0 Å². The van der Waals surface area contributed by atoms with E-state index >= 15 is 0 Å². The topological polar surface area (TPSA) is 61.1 Å². The Morgan fingerprint density at radius 1 is 1.00 bits per heavy atom. The van der Waals surface area contributed by atoms with Crippen molar-refractivity contribution in [1.29, 1.82) is 5.26 Å². The van der Waals surface area contributed by atoms with E-state index in [0.717, 1.165) is 43.9 Å². The van der Waals surface area contributed by atoms with E-state index in [1.165, 1.54) is 32.1 Å². The molecule has 0 spiro atoms. The summed E-state index contributed by atoms with van der Waals surface area (Å²) in [6.07, 6.45) is 12.0. The lowest BCUT2D eigenvalue weighted by Gasteiger charge is -2.61. The summed E-state index contributed by atoms with van der Waals surface area (Å²) in [6.45, 7) is 6.74. The van der Waals surface area contributed by atoms with E-state index in [2.05, 4.69) is 31.8 Å². The Kier molecular flexibility index (Phi) is 5.83. The van der Waals surface area contributed by atoms with Crippen molar-refractivity contribution in [2.75, 3.05) is 0 Å². The van der Waals surface area contributed by atoms with Crippen LogP contribution in [-0.4, -0.2) is 16.5 Å². The quantitative estimate of drug-likeness (QED) is 0.483. The van der Waals surface area contributed by atoms with Crippen LogP contribution in [0.5, 0.6) is 0 Å². The van der Waals surface area contributed by atoms with Crippen LogP contribution < -0.4 is 0 Å². The molecule has 1 N–H and O–H groups in total. The molecule has 0 saturated heterocycles. The highest BCUT2D eigenvalue weighted by atomic mass is 16.3. The molecule has 3 nitrogen and oxygen atoms in total. The fourth-order valence-electron chi connectivity index (χ4n) is 8.51. The summed E-state index contributed by atoms with van der Waals surface area (Å²) in [4.78, 5) is 12.3. The minimum Gasteiger partial charge on any atom is -0.378 e. The van der Waals surface area contributed by atoms with Gasteiger partial charge in [0.1, 0.15) is 11.4 Å². The van der Waals surface area contributed by atoms with E-state index in [0.29, 0.717) is 35.9 Å². The molecule has 30 heavy (non-hydrogen) atoms. The standard InChI is InChI=1S/C27H39NO2/c1-19(29)22-10-11-23-21-9-8-20-18-27(30,13-6-4-5-7-17-28)16-15-25(20,2)24(21)12-14-26(22,23)3/h20-24,30H,4-5,7-12,14-16,18H2,1-3H3/t20?,21-,22+,23-,24-,25-,26+,27?/m0/s1. The van der Waals surface area contributed by atoms with Crippen LogP contribution in [0.2, 0.25) is 0 Å². The number of unbranched alkanes of at least 4 members (excludes halogenated alkanes) is 2. The minimum absolute atomic E-state index is 0.223. The highest BCUT2D eigenvalue weighted by Crippen LogP contribution is 2.68. The third-order valence-electron chi connectivity index (χ3n) is 10.1. The molecule has 4 saturated carbocycles. The van der Waals surface area contributed by atoms with Crippen molar-refractivity contribution in [3.05, 3.63) is 0 Å². The van der Waals surface area contributed by atoms with E-state index < -0.39 is 5.60 Å². The van der Waals surface area contributed by atoms with E-state index in [-0.39, 0.29) is 11.3 Å². The van der Waals surface area contributed by atoms with Gasteiger partial charge in [-0.3, -0.25) is 4.79 Å². The molecule has 0 radical (unpaired) electrons. The fourth-order valence-corrected chi connectivity index (χ4v) is 8.51. The molecule has 3 heteroatoms. The summed E-state index contributed by atoms with van der Waals surface area (Å²) in [6, 6.07) is 2.16. The van der Waals surface area contributed by atoms with Crippen molar-refractivity contribution < 1.29 is 9.90 Å². The maximum atomic E-state index is 12.3. The van der Waals surface area contributed by atoms with E-state index in [1.54, 1.807) is 0 Å². The number of nitrogens with zero attached hydrogens (tertiary/aromatic N) is 1. The molecule has 2 unspecified atom stereocenters. The second kappa shape index (κ2) is 7.98. The molecule has 0 aromatic rings. The van der Waals surface area contributed by atoms with Crippen LogP contribution in [0.15, 0.2) is 0 Å². The molecule has 0 bridgehead atoms. The van der Waals surface area contributed by atoms with Gasteiger partial charge in [-0.1, -0.05) is 19.8 Å². The molecule has 164 valence electrons. The maximum absolute atomic E-state index is 12.3. The summed E-state index contributed by atoms with van der Waals surface area (Å²) < 4.78 is 0. The monoisotopic (exact) mass is 409 g/mol. The average molecular weight is 410 g/mol.